The van der Waals surface area contributed by atoms with E-state index >= 15 is 0 Å². The number of ether oxygens (including phenoxy) is 1. The van der Waals surface area contributed by atoms with Crippen LogP contribution in [0.15, 0.2) is 29.3 Å². The van der Waals surface area contributed by atoms with Crippen LogP contribution in [0.4, 0.5) is 5.69 Å². The fourth-order valence-electron chi connectivity index (χ4n) is 3.93. The number of benzene rings is 1. The highest BCUT2D eigenvalue weighted by molar-refractivity contribution is 14.0. The molecule has 8 heteroatoms. The first kappa shape index (κ1) is 21.0. The molecule has 0 unspecified atom stereocenters. The number of morpholine rings is 1. The molecule has 3 aliphatic rings. The van der Waals surface area contributed by atoms with E-state index in [4.69, 9.17) is 27.1 Å². The van der Waals surface area contributed by atoms with Crippen molar-refractivity contribution >= 4 is 47.2 Å². The molecule has 2 N–H and O–H groups in total. The molecule has 0 radical (unpaired) electrons. The predicted molar refractivity (Wildman–Crippen MR) is 121 cm³/mol. The minimum absolute atomic E-state index is 0. The summed E-state index contributed by atoms with van der Waals surface area (Å²) < 4.78 is 5.47. The van der Waals surface area contributed by atoms with Crippen molar-refractivity contribution in [2.75, 3.05) is 63.9 Å². The van der Waals surface area contributed by atoms with Crippen LogP contribution < -0.4 is 10.6 Å². The third-order valence-electron chi connectivity index (χ3n) is 5.84. The molecule has 2 saturated heterocycles. The molecule has 1 aromatic carbocycles. The molecule has 0 bridgehead atoms. The van der Waals surface area contributed by atoms with Crippen LogP contribution in [-0.4, -0.2) is 80.3 Å². The number of hydrogen-bond donors (Lipinski definition) is 1. The fourth-order valence-corrected chi connectivity index (χ4v) is 4.06. The van der Waals surface area contributed by atoms with Crippen molar-refractivity contribution in [2.45, 2.75) is 18.4 Å². The monoisotopic (exact) mass is 505 g/mol. The molecule has 0 atom stereocenters. The van der Waals surface area contributed by atoms with Crippen LogP contribution in [-0.2, 0) is 4.74 Å². The lowest BCUT2D eigenvalue weighted by Gasteiger charge is -2.37. The van der Waals surface area contributed by atoms with E-state index in [1.807, 2.05) is 12.1 Å². The standard InChI is InChI=1S/C19H28ClN5O.HI/c20-16-1-3-17(4-2-16)23-7-9-24(10-8-23)18(21)22-15-19(5-6-19)25-11-13-26-14-12-25;/h1-4H,5-15H2,(H2,21,22);1H. The molecule has 6 nitrogen and oxygen atoms in total. The molecule has 0 amide bonds. The Morgan fingerprint density at radius 1 is 1.04 bits per heavy atom. The van der Waals surface area contributed by atoms with E-state index in [2.05, 4.69) is 26.8 Å². The van der Waals surface area contributed by atoms with Crippen molar-refractivity contribution in [1.29, 1.82) is 0 Å². The summed E-state index contributed by atoms with van der Waals surface area (Å²) in [5.74, 6) is 0.695. The van der Waals surface area contributed by atoms with E-state index in [0.29, 0.717) is 5.96 Å². The SMILES string of the molecule is I.NC(=NCC1(N2CCOCC2)CC1)N1CCN(c2ccc(Cl)cc2)CC1. The van der Waals surface area contributed by atoms with Crippen molar-refractivity contribution < 1.29 is 4.74 Å². The summed E-state index contributed by atoms with van der Waals surface area (Å²) in [6.07, 6.45) is 2.46. The average molecular weight is 506 g/mol. The van der Waals surface area contributed by atoms with Crippen LogP contribution in [0.3, 0.4) is 0 Å². The Hall–Kier alpha value is -0.770. The van der Waals surface area contributed by atoms with E-state index in [1.165, 1.54) is 18.5 Å². The van der Waals surface area contributed by atoms with Crippen LogP contribution >= 0.6 is 35.6 Å². The van der Waals surface area contributed by atoms with Gasteiger partial charge in [0.05, 0.1) is 19.8 Å². The molecule has 3 fully saturated rings. The topological polar surface area (TPSA) is 57.3 Å². The number of aliphatic imine (C=N–C) groups is 1. The van der Waals surface area contributed by atoms with Gasteiger partial charge in [-0.25, -0.2) is 0 Å². The lowest BCUT2D eigenvalue weighted by Crippen LogP contribution is -2.52. The van der Waals surface area contributed by atoms with Gasteiger partial charge in [-0.05, 0) is 37.1 Å². The van der Waals surface area contributed by atoms with Gasteiger partial charge in [0.1, 0.15) is 0 Å². The zero-order chi connectivity index (χ0) is 18.0. The minimum Gasteiger partial charge on any atom is -0.379 e. The van der Waals surface area contributed by atoms with E-state index in [1.54, 1.807) is 0 Å². The molecule has 27 heavy (non-hydrogen) atoms. The van der Waals surface area contributed by atoms with Crippen molar-refractivity contribution in [3.05, 3.63) is 29.3 Å². The van der Waals surface area contributed by atoms with E-state index in [-0.39, 0.29) is 29.5 Å². The third kappa shape index (κ3) is 4.99. The first-order valence-electron chi connectivity index (χ1n) is 9.55. The zero-order valence-electron chi connectivity index (χ0n) is 15.6. The Bertz CT molecular complexity index is 638. The van der Waals surface area contributed by atoms with Crippen molar-refractivity contribution in [1.82, 2.24) is 9.80 Å². The smallest absolute Gasteiger partial charge is 0.191 e. The van der Waals surface area contributed by atoms with Crippen molar-refractivity contribution in [3.8, 4) is 0 Å². The maximum atomic E-state index is 6.31. The number of rotatable bonds is 4. The quantitative estimate of drug-likeness (QED) is 0.387. The second kappa shape index (κ2) is 9.15. The van der Waals surface area contributed by atoms with Crippen LogP contribution in [0.1, 0.15) is 12.8 Å². The number of halogens is 2. The Balaban J connectivity index is 0.00000210. The van der Waals surface area contributed by atoms with Crippen LogP contribution in [0, 0.1) is 0 Å². The summed E-state index contributed by atoms with van der Waals surface area (Å²) in [5.41, 5.74) is 7.78. The van der Waals surface area contributed by atoms with Crippen LogP contribution in [0.25, 0.3) is 0 Å². The second-order valence-electron chi connectivity index (χ2n) is 7.45. The second-order valence-corrected chi connectivity index (χ2v) is 7.89. The molecular weight excluding hydrogens is 477 g/mol. The first-order chi connectivity index (χ1) is 12.7. The normalized spacial score (nSPS) is 23.1. The van der Waals surface area contributed by atoms with Gasteiger partial charge in [-0.2, -0.15) is 0 Å². The van der Waals surface area contributed by atoms with Gasteiger partial charge in [0, 0.05) is 55.5 Å². The Labute approximate surface area is 183 Å². The van der Waals surface area contributed by atoms with Gasteiger partial charge in [-0.15, -0.1) is 24.0 Å². The minimum atomic E-state index is 0. The lowest BCUT2D eigenvalue weighted by molar-refractivity contribution is 0.0117. The van der Waals surface area contributed by atoms with Crippen molar-refractivity contribution in [3.63, 3.8) is 0 Å². The molecule has 2 heterocycles. The van der Waals surface area contributed by atoms with E-state index < -0.39 is 0 Å². The largest absolute Gasteiger partial charge is 0.379 e. The summed E-state index contributed by atoms with van der Waals surface area (Å²) in [7, 11) is 0. The molecule has 1 aliphatic carbocycles. The van der Waals surface area contributed by atoms with Gasteiger partial charge in [0.25, 0.3) is 0 Å². The highest BCUT2D eigenvalue weighted by atomic mass is 127. The fraction of sp³-hybridized carbons (Fsp3) is 0.632. The average Bonchev–Trinajstić information content (AvgIpc) is 3.49. The zero-order valence-corrected chi connectivity index (χ0v) is 18.7. The molecule has 0 spiro atoms. The number of guanidine groups is 1. The molecule has 2 aliphatic heterocycles. The lowest BCUT2D eigenvalue weighted by atomic mass is 10.2. The predicted octanol–water partition coefficient (Wildman–Crippen LogP) is 2.26. The highest BCUT2D eigenvalue weighted by Gasteiger charge is 2.48. The molecular formula is C19H29ClIN5O. The summed E-state index contributed by atoms with van der Waals surface area (Å²) in [4.78, 5) is 11.9. The maximum Gasteiger partial charge on any atom is 0.191 e. The van der Waals surface area contributed by atoms with Gasteiger partial charge < -0.3 is 20.3 Å². The first-order valence-corrected chi connectivity index (χ1v) is 9.92. The Morgan fingerprint density at radius 3 is 2.26 bits per heavy atom. The summed E-state index contributed by atoms with van der Waals surface area (Å²) in [6, 6.07) is 8.04. The number of hydrogen-bond acceptors (Lipinski definition) is 4. The van der Waals surface area contributed by atoms with Crippen LogP contribution in [0.2, 0.25) is 5.02 Å². The number of piperazine rings is 1. The third-order valence-corrected chi connectivity index (χ3v) is 6.09. The van der Waals surface area contributed by atoms with Crippen molar-refractivity contribution in [2.24, 2.45) is 10.7 Å². The summed E-state index contributed by atoms with van der Waals surface area (Å²) in [6.45, 7) is 8.26. The summed E-state index contributed by atoms with van der Waals surface area (Å²) >= 11 is 5.98. The highest BCUT2D eigenvalue weighted by Crippen LogP contribution is 2.42. The van der Waals surface area contributed by atoms with Crippen LogP contribution in [0.5, 0.6) is 0 Å². The van der Waals surface area contributed by atoms with Gasteiger partial charge >= 0.3 is 0 Å². The molecule has 0 aromatic heterocycles. The molecule has 150 valence electrons. The number of nitrogens with two attached hydrogens (primary N) is 1. The molecule has 4 rings (SSSR count). The van der Waals surface area contributed by atoms with Gasteiger partial charge in [-0.1, -0.05) is 11.6 Å². The molecule has 1 aromatic rings. The maximum absolute atomic E-state index is 6.31. The Morgan fingerprint density at radius 2 is 1.67 bits per heavy atom. The van der Waals surface area contributed by atoms with E-state index in [9.17, 15) is 0 Å². The van der Waals surface area contributed by atoms with Gasteiger partial charge in [0.2, 0.25) is 0 Å². The number of anilines is 1. The summed E-state index contributed by atoms with van der Waals surface area (Å²) in [5, 5.41) is 0.776. The van der Waals surface area contributed by atoms with Gasteiger partial charge in [-0.3, -0.25) is 9.89 Å². The van der Waals surface area contributed by atoms with Gasteiger partial charge in [0.15, 0.2) is 5.96 Å². The Kier molecular flexibility index (Phi) is 7.10. The number of nitrogens with zero attached hydrogens (tertiary/aromatic N) is 4. The van der Waals surface area contributed by atoms with E-state index in [0.717, 1.165) is 64.0 Å². The molecule has 1 saturated carbocycles.